The number of carbonyl (C=O) groups is 1. The van der Waals surface area contributed by atoms with Crippen molar-refractivity contribution < 1.29 is 14.6 Å². The van der Waals surface area contributed by atoms with Gasteiger partial charge in [-0.2, -0.15) is 0 Å². The van der Waals surface area contributed by atoms with Gasteiger partial charge in [0.25, 0.3) is 0 Å². The Hall–Kier alpha value is -1.00. The molecule has 0 saturated heterocycles. The molecule has 0 aliphatic carbocycles. The quantitative estimate of drug-likeness (QED) is 0.476. The number of hydrogen-bond donors (Lipinski definition) is 1. The number of carboxylic acids is 1. The zero-order valence-electron chi connectivity index (χ0n) is 8.82. The fraction of sp³-hybridized carbons (Fsp3) is 0.364. The minimum absolute atomic E-state index is 0.358. The van der Waals surface area contributed by atoms with Gasteiger partial charge in [0.1, 0.15) is 0 Å². The lowest BCUT2D eigenvalue weighted by Gasteiger charge is -2.05. The molecule has 82 valence electrons. The summed E-state index contributed by atoms with van der Waals surface area (Å²) in [6.07, 6.45) is 0. The van der Waals surface area contributed by atoms with E-state index in [1.807, 2.05) is 19.1 Å². The maximum atomic E-state index is 10.9. The van der Waals surface area contributed by atoms with E-state index in [1.165, 1.54) is 11.8 Å². The Balaban J connectivity index is 2.74. The summed E-state index contributed by atoms with van der Waals surface area (Å²) in [5.41, 5.74) is 1.14. The topological polar surface area (TPSA) is 46.5 Å². The second kappa shape index (κ2) is 5.78. The number of rotatable bonds is 5. The van der Waals surface area contributed by atoms with Gasteiger partial charge in [0.15, 0.2) is 0 Å². The standard InChI is InChI=1S/C11H14O3S/c1-3-14-7-15-9-5-4-8(2)10(6-9)11(12)13/h4-6H,3,7H2,1-2H3,(H,12,13). The Morgan fingerprint density at radius 1 is 1.53 bits per heavy atom. The van der Waals surface area contributed by atoms with E-state index < -0.39 is 5.97 Å². The van der Waals surface area contributed by atoms with Gasteiger partial charge in [0.2, 0.25) is 0 Å². The summed E-state index contributed by atoms with van der Waals surface area (Å²) in [6.45, 7) is 4.39. The van der Waals surface area contributed by atoms with Gasteiger partial charge in [0.05, 0.1) is 11.5 Å². The van der Waals surface area contributed by atoms with Crippen LogP contribution in [0.3, 0.4) is 0 Å². The molecule has 0 unspecified atom stereocenters. The fourth-order valence-electron chi connectivity index (χ4n) is 1.11. The third kappa shape index (κ3) is 3.57. The summed E-state index contributed by atoms with van der Waals surface area (Å²) in [7, 11) is 0. The summed E-state index contributed by atoms with van der Waals surface area (Å²) in [5.74, 6) is -0.329. The summed E-state index contributed by atoms with van der Waals surface area (Å²) >= 11 is 1.50. The predicted octanol–water partition coefficient (Wildman–Crippen LogP) is 2.78. The second-order valence-corrected chi connectivity index (χ2v) is 4.03. The molecule has 0 atom stereocenters. The van der Waals surface area contributed by atoms with Crippen LogP contribution in [0, 0.1) is 6.92 Å². The molecule has 1 aromatic rings. The lowest BCUT2D eigenvalue weighted by Crippen LogP contribution is -1.99. The van der Waals surface area contributed by atoms with Gasteiger partial charge in [0, 0.05) is 11.5 Å². The molecule has 0 aromatic heterocycles. The first-order chi connectivity index (χ1) is 7.15. The van der Waals surface area contributed by atoms with Crippen LogP contribution < -0.4 is 0 Å². The molecule has 15 heavy (non-hydrogen) atoms. The molecule has 4 heteroatoms. The fourth-order valence-corrected chi connectivity index (χ4v) is 1.87. The molecule has 0 bridgehead atoms. The number of thioether (sulfide) groups is 1. The maximum absolute atomic E-state index is 10.9. The van der Waals surface area contributed by atoms with Crippen molar-refractivity contribution in [3.63, 3.8) is 0 Å². The Morgan fingerprint density at radius 3 is 2.87 bits per heavy atom. The van der Waals surface area contributed by atoms with Crippen molar-refractivity contribution in [2.75, 3.05) is 12.5 Å². The summed E-state index contributed by atoms with van der Waals surface area (Å²) in [6, 6.07) is 5.41. The Bertz CT molecular complexity index is 350. The van der Waals surface area contributed by atoms with Crippen molar-refractivity contribution in [3.05, 3.63) is 29.3 Å². The first-order valence-corrected chi connectivity index (χ1v) is 5.68. The summed E-state index contributed by atoms with van der Waals surface area (Å²) in [4.78, 5) is 11.8. The van der Waals surface area contributed by atoms with E-state index >= 15 is 0 Å². The van der Waals surface area contributed by atoms with Crippen LogP contribution in [0.1, 0.15) is 22.8 Å². The Kier molecular flexibility index (Phi) is 4.65. The van der Waals surface area contributed by atoms with Gasteiger partial charge in [-0.3, -0.25) is 0 Å². The van der Waals surface area contributed by atoms with Gasteiger partial charge in [-0.1, -0.05) is 17.8 Å². The van der Waals surface area contributed by atoms with Crippen molar-refractivity contribution in [3.8, 4) is 0 Å². The first-order valence-electron chi connectivity index (χ1n) is 4.69. The number of hydrogen-bond acceptors (Lipinski definition) is 3. The maximum Gasteiger partial charge on any atom is 0.335 e. The largest absolute Gasteiger partial charge is 0.478 e. The number of carboxylic acid groups (broad SMARTS) is 1. The SMILES string of the molecule is CCOCSc1ccc(C)c(C(=O)O)c1. The van der Waals surface area contributed by atoms with E-state index in [1.54, 1.807) is 13.0 Å². The molecule has 0 amide bonds. The molecule has 3 nitrogen and oxygen atoms in total. The normalized spacial score (nSPS) is 10.3. The van der Waals surface area contributed by atoms with Crippen LogP contribution in [-0.4, -0.2) is 23.6 Å². The van der Waals surface area contributed by atoms with Crippen LogP contribution >= 0.6 is 11.8 Å². The van der Waals surface area contributed by atoms with Crippen molar-refractivity contribution in [1.29, 1.82) is 0 Å². The van der Waals surface area contributed by atoms with Gasteiger partial charge in [-0.05, 0) is 31.5 Å². The Labute approximate surface area is 93.4 Å². The number of aromatic carboxylic acids is 1. The van der Waals surface area contributed by atoms with Crippen LogP contribution in [0.15, 0.2) is 23.1 Å². The highest BCUT2D eigenvalue weighted by atomic mass is 32.2. The van der Waals surface area contributed by atoms with E-state index in [-0.39, 0.29) is 0 Å². The van der Waals surface area contributed by atoms with Crippen molar-refractivity contribution in [2.24, 2.45) is 0 Å². The lowest BCUT2D eigenvalue weighted by molar-refractivity contribution is 0.0696. The average Bonchev–Trinajstić information content (AvgIpc) is 2.20. The van der Waals surface area contributed by atoms with Gasteiger partial charge in [-0.25, -0.2) is 4.79 Å². The molecular weight excluding hydrogens is 212 g/mol. The van der Waals surface area contributed by atoms with Crippen LogP contribution in [0.4, 0.5) is 0 Å². The van der Waals surface area contributed by atoms with Gasteiger partial charge in [-0.15, -0.1) is 0 Å². The van der Waals surface area contributed by atoms with E-state index in [2.05, 4.69) is 0 Å². The van der Waals surface area contributed by atoms with Crippen molar-refractivity contribution in [2.45, 2.75) is 18.7 Å². The predicted molar refractivity (Wildman–Crippen MR) is 60.5 cm³/mol. The molecular formula is C11H14O3S. The van der Waals surface area contributed by atoms with E-state index in [0.717, 1.165) is 10.5 Å². The Morgan fingerprint density at radius 2 is 2.27 bits per heavy atom. The molecule has 0 saturated carbocycles. The van der Waals surface area contributed by atoms with Crippen LogP contribution in [0.2, 0.25) is 0 Å². The number of ether oxygens (including phenoxy) is 1. The molecule has 1 rings (SSSR count). The molecule has 0 spiro atoms. The average molecular weight is 226 g/mol. The molecule has 0 radical (unpaired) electrons. The van der Waals surface area contributed by atoms with E-state index in [0.29, 0.717) is 18.1 Å². The minimum atomic E-state index is -0.883. The number of benzene rings is 1. The summed E-state index contributed by atoms with van der Waals surface area (Å²) < 4.78 is 5.18. The van der Waals surface area contributed by atoms with E-state index in [4.69, 9.17) is 9.84 Å². The zero-order valence-corrected chi connectivity index (χ0v) is 9.63. The van der Waals surface area contributed by atoms with Crippen molar-refractivity contribution >= 4 is 17.7 Å². The number of aryl methyl sites for hydroxylation is 1. The van der Waals surface area contributed by atoms with Crippen LogP contribution in [0.5, 0.6) is 0 Å². The second-order valence-electron chi connectivity index (χ2n) is 3.04. The first kappa shape index (κ1) is 12.1. The smallest absolute Gasteiger partial charge is 0.335 e. The van der Waals surface area contributed by atoms with Crippen LogP contribution in [0.25, 0.3) is 0 Å². The minimum Gasteiger partial charge on any atom is -0.478 e. The van der Waals surface area contributed by atoms with Gasteiger partial charge >= 0.3 is 5.97 Å². The molecule has 0 fully saturated rings. The summed E-state index contributed by atoms with van der Waals surface area (Å²) in [5, 5.41) is 8.92. The molecule has 1 aromatic carbocycles. The molecule has 0 heterocycles. The molecule has 1 N–H and O–H groups in total. The van der Waals surface area contributed by atoms with Crippen LogP contribution in [-0.2, 0) is 4.74 Å². The third-order valence-electron chi connectivity index (χ3n) is 1.95. The van der Waals surface area contributed by atoms with Crippen molar-refractivity contribution in [1.82, 2.24) is 0 Å². The lowest BCUT2D eigenvalue weighted by atomic mass is 10.1. The third-order valence-corrected chi connectivity index (χ3v) is 2.82. The van der Waals surface area contributed by atoms with Gasteiger partial charge < -0.3 is 9.84 Å². The highest BCUT2D eigenvalue weighted by molar-refractivity contribution is 7.99. The molecule has 0 aliphatic rings. The highest BCUT2D eigenvalue weighted by Crippen LogP contribution is 2.21. The monoisotopic (exact) mass is 226 g/mol. The van der Waals surface area contributed by atoms with E-state index in [9.17, 15) is 4.79 Å². The molecule has 0 aliphatic heterocycles. The highest BCUT2D eigenvalue weighted by Gasteiger charge is 2.07. The zero-order chi connectivity index (χ0) is 11.3.